The zero-order valence-electron chi connectivity index (χ0n) is 14.3. The van der Waals surface area contributed by atoms with Crippen LogP contribution in [-0.2, 0) is 6.54 Å². The summed E-state index contributed by atoms with van der Waals surface area (Å²) in [6.45, 7) is 4.48. The van der Waals surface area contributed by atoms with Gasteiger partial charge in [-0.25, -0.2) is 4.98 Å². The number of pyridine rings is 2. The molecule has 2 heterocycles. The third kappa shape index (κ3) is 4.41. The monoisotopic (exact) mass is 332 g/mol. The maximum Gasteiger partial charge on any atom is 0.270 e. The van der Waals surface area contributed by atoms with Gasteiger partial charge in [0.15, 0.2) is 0 Å². The first kappa shape index (κ1) is 16.6. The minimum Gasteiger partial charge on any atom is -0.354 e. The molecule has 5 heteroatoms. The average Bonchev–Trinajstić information content (AvgIpc) is 2.64. The van der Waals surface area contributed by atoms with Crippen molar-refractivity contribution in [2.45, 2.75) is 20.4 Å². The first-order chi connectivity index (χ1) is 12.1. The highest BCUT2D eigenvalue weighted by Crippen LogP contribution is 2.21. The number of aromatic nitrogens is 2. The van der Waals surface area contributed by atoms with Crippen molar-refractivity contribution in [1.29, 1.82) is 0 Å². The number of benzene rings is 1. The Bertz CT molecular complexity index is 861. The number of nitrogens with zero attached hydrogens (tertiary/aromatic N) is 2. The van der Waals surface area contributed by atoms with Gasteiger partial charge >= 0.3 is 0 Å². The van der Waals surface area contributed by atoms with Crippen LogP contribution in [0.15, 0.2) is 60.9 Å². The van der Waals surface area contributed by atoms with Gasteiger partial charge in [-0.05, 0) is 55.3 Å². The van der Waals surface area contributed by atoms with Gasteiger partial charge < -0.3 is 10.6 Å². The molecule has 1 aromatic carbocycles. The molecule has 0 spiro atoms. The summed E-state index contributed by atoms with van der Waals surface area (Å²) in [4.78, 5) is 20.6. The number of carbonyl (C=O) groups excluding carboxylic acids is 1. The summed E-state index contributed by atoms with van der Waals surface area (Å²) in [5, 5.41) is 6.15. The van der Waals surface area contributed by atoms with Gasteiger partial charge in [0, 0.05) is 11.9 Å². The van der Waals surface area contributed by atoms with Crippen LogP contribution >= 0.6 is 0 Å². The smallest absolute Gasteiger partial charge is 0.270 e. The lowest BCUT2D eigenvalue weighted by molar-refractivity contribution is 0.0945. The summed E-state index contributed by atoms with van der Waals surface area (Å²) >= 11 is 0. The first-order valence-electron chi connectivity index (χ1n) is 8.10. The van der Waals surface area contributed by atoms with E-state index in [-0.39, 0.29) is 5.91 Å². The molecule has 5 nitrogen and oxygen atoms in total. The summed E-state index contributed by atoms with van der Waals surface area (Å²) in [7, 11) is 0. The Morgan fingerprint density at radius 3 is 2.64 bits per heavy atom. The maximum atomic E-state index is 12.2. The predicted molar refractivity (Wildman–Crippen MR) is 98.8 cm³/mol. The van der Waals surface area contributed by atoms with Gasteiger partial charge in [0.1, 0.15) is 5.69 Å². The molecular formula is C20H20N4O. The van der Waals surface area contributed by atoms with Crippen LogP contribution in [0, 0.1) is 13.8 Å². The molecule has 3 aromatic rings. The summed E-state index contributed by atoms with van der Waals surface area (Å²) in [5.41, 5.74) is 5.41. The number of amides is 1. The minimum atomic E-state index is -0.219. The van der Waals surface area contributed by atoms with Crippen molar-refractivity contribution >= 4 is 17.3 Å². The minimum absolute atomic E-state index is 0.219. The van der Waals surface area contributed by atoms with Crippen molar-refractivity contribution in [3.8, 4) is 0 Å². The second-order valence-corrected chi connectivity index (χ2v) is 5.88. The van der Waals surface area contributed by atoms with Crippen LogP contribution in [0.25, 0.3) is 0 Å². The van der Waals surface area contributed by atoms with Crippen molar-refractivity contribution in [2.24, 2.45) is 0 Å². The molecule has 1 amide bonds. The molecule has 0 aliphatic rings. The Hall–Kier alpha value is -3.21. The van der Waals surface area contributed by atoms with Gasteiger partial charge in [-0.1, -0.05) is 18.2 Å². The second kappa shape index (κ2) is 7.57. The molecular weight excluding hydrogens is 312 g/mol. The van der Waals surface area contributed by atoms with E-state index in [0.29, 0.717) is 12.2 Å². The summed E-state index contributed by atoms with van der Waals surface area (Å²) in [6, 6.07) is 15.4. The fraction of sp³-hybridized carbons (Fsp3) is 0.150. The average molecular weight is 332 g/mol. The van der Waals surface area contributed by atoms with Crippen LogP contribution in [-0.4, -0.2) is 15.9 Å². The molecule has 0 fully saturated rings. The van der Waals surface area contributed by atoms with E-state index < -0.39 is 0 Å². The molecule has 0 aliphatic heterocycles. The third-order valence-corrected chi connectivity index (χ3v) is 3.82. The zero-order valence-corrected chi connectivity index (χ0v) is 14.3. The van der Waals surface area contributed by atoms with E-state index in [9.17, 15) is 4.79 Å². The Kier molecular flexibility index (Phi) is 5.04. The quantitative estimate of drug-likeness (QED) is 0.746. The number of anilines is 2. The molecule has 3 rings (SSSR count). The predicted octanol–water partition coefficient (Wildman–Crippen LogP) is 3.77. The summed E-state index contributed by atoms with van der Waals surface area (Å²) in [5.74, 6) is -0.219. The highest BCUT2D eigenvalue weighted by atomic mass is 16.1. The molecule has 0 saturated carbocycles. The van der Waals surface area contributed by atoms with E-state index in [4.69, 9.17) is 0 Å². The van der Waals surface area contributed by atoms with E-state index in [0.717, 1.165) is 22.6 Å². The van der Waals surface area contributed by atoms with E-state index in [2.05, 4.69) is 52.6 Å². The molecule has 25 heavy (non-hydrogen) atoms. The van der Waals surface area contributed by atoms with Crippen molar-refractivity contribution < 1.29 is 4.79 Å². The first-order valence-corrected chi connectivity index (χ1v) is 8.10. The van der Waals surface area contributed by atoms with Gasteiger partial charge in [-0.15, -0.1) is 0 Å². The third-order valence-electron chi connectivity index (χ3n) is 3.82. The van der Waals surface area contributed by atoms with Gasteiger partial charge in [0.25, 0.3) is 5.91 Å². The Morgan fingerprint density at radius 1 is 1.04 bits per heavy atom. The molecule has 0 saturated heterocycles. The summed E-state index contributed by atoms with van der Waals surface area (Å²) in [6.07, 6.45) is 3.37. The SMILES string of the molecule is Cc1ccc(C)c(Nc2ccc(C(=O)NCc3ccccn3)nc2)c1. The Balaban J connectivity index is 1.63. The number of hydrogen-bond donors (Lipinski definition) is 2. The number of carbonyl (C=O) groups is 1. The topological polar surface area (TPSA) is 66.9 Å². The molecule has 0 bridgehead atoms. The number of hydrogen-bond acceptors (Lipinski definition) is 4. The second-order valence-electron chi connectivity index (χ2n) is 5.88. The molecule has 2 aromatic heterocycles. The van der Waals surface area contributed by atoms with E-state index in [1.54, 1.807) is 18.5 Å². The Morgan fingerprint density at radius 2 is 1.92 bits per heavy atom. The fourth-order valence-electron chi connectivity index (χ4n) is 2.39. The normalized spacial score (nSPS) is 10.3. The summed E-state index contributed by atoms with van der Waals surface area (Å²) < 4.78 is 0. The fourth-order valence-corrected chi connectivity index (χ4v) is 2.39. The van der Waals surface area contributed by atoms with Crippen molar-refractivity contribution in [3.63, 3.8) is 0 Å². The number of rotatable bonds is 5. The van der Waals surface area contributed by atoms with Gasteiger partial charge in [-0.2, -0.15) is 0 Å². The van der Waals surface area contributed by atoms with Gasteiger partial charge in [0.2, 0.25) is 0 Å². The largest absolute Gasteiger partial charge is 0.354 e. The molecule has 0 radical (unpaired) electrons. The van der Waals surface area contributed by atoms with Crippen LogP contribution in [0.4, 0.5) is 11.4 Å². The van der Waals surface area contributed by atoms with Crippen LogP contribution < -0.4 is 10.6 Å². The zero-order chi connectivity index (χ0) is 17.6. The molecule has 0 unspecified atom stereocenters. The van der Waals surface area contributed by atoms with E-state index in [1.165, 1.54) is 5.56 Å². The van der Waals surface area contributed by atoms with Crippen molar-refractivity contribution in [1.82, 2.24) is 15.3 Å². The van der Waals surface area contributed by atoms with Crippen LogP contribution in [0.3, 0.4) is 0 Å². The van der Waals surface area contributed by atoms with Crippen LogP contribution in [0.1, 0.15) is 27.3 Å². The molecule has 126 valence electrons. The Labute approximate surface area is 147 Å². The van der Waals surface area contributed by atoms with E-state index >= 15 is 0 Å². The van der Waals surface area contributed by atoms with Crippen LogP contribution in [0.5, 0.6) is 0 Å². The lowest BCUT2D eigenvalue weighted by atomic mass is 10.1. The van der Waals surface area contributed by atoms with Gasteiger partial charge in [-0.3, -0.25) is 9.78 Å². The standard InChI is InChI=1S/C20H20N4O/c1-14-6-7-15(2)19(11-14)24-17-8-9-18(22-13-17)20(25)23-12-16-5-3-4-10-21-16/h3-11,13,24H,12H2,1-2H3,(H,23,25). The van der Waals surface area contributed by atoms with E-state index in [1.807, 2.05) is 24.3 Å². The number of nitrogens with one attached hydrogen (secondary N) is 2. The van der Waals surface area contributed by atoms with Crippen molar-refractivity contribution in [3.05, 3.63) is 83.4 Å². The van der Waals surface area contributed by atoms with Gasteiger partial charge in [0.05, 0.1) is 24.1 Å². The van der Waals surface area contributed by atoms with Crippen LogP contribution in [0.2, 0.25) is 0 Å². The highest BCUT2D eigenvalue weighted by Gasteiger charge is 2.07. The lowest BCUT2D eigenvalue weighted by Crippen LogP contribution is -2.24. The molecule has 2 N–H and O–H groups in total. The van der Waals surface area contributed by atoms with Crippen molar-refractivity contribution in [2.75, 3.05) is 5.32 Å². The number of aryl methyl sites for hydroxylation is 2. The lowest BCUT2D eigenvalue weighted by Gasteiger charge is -2.11. The maximum absolute atomic E-state index is 12.2. The molecule has 0 aliphatic carbocycles. The highest BCUT2D eigenvalue weighted by molar-refractivity contribution is 5.92. The molecule has 0 atom stereocenters.